The highest BCUT2D eigenvalue weighted by atomic mass is 16.6. The summed E-state index contributed by atoms with van der Waals surface area (Å²) in [7, 11) is 0. The standard InChI is InChI=1S/C22H17N3O4/c26-22(27)17-8-18(15-11-23-25(13-15)12-14-4-2-1-3-5-14)24-19-10-21-20(9-16(17)19)28-6-7-29-21/h1-5,8-11,13H,6-7,12H2,(H,26,27). The van der Waals surface area contributed by atoms with E-state index in [1.54, 1.807) is 29.1 Å². The Hall–Kier alpha value is -3.87. The van der Waals surface area contributed by atoms with Gasteiger partial charge in [0, 0.05) is 23.2 Å². The lowest BCUT2D eigenvalue weighted by molar-refractivity contribution is 0.0699. The molecular weight excluding hydrogens is 370 g/mol. The molecule has 0 saturated carbocycles. The van der Waals surface area contributed by atoms with Crippen LogP contribution in [-0.4, -0.2) is 39.1 Å². The Morgan fingerprint density at radius 1 is 1.07 bits per heavy atom. The normalized spacial score (nSPS) is 12.8. The number of rotatable bonds is 4. The lowest BCUT2D eigenvalue weighted by atomic mass is 10.0. The Morgan fingerprint density at radius 2 is 1.83 bits per heavy atom. The molecule has 0 aliphatic carbocycles. The number of fused-ring (bicyclic) bond motifs is 2. The fraction of sp³-hybridized carbons (Fsp3) is 0.136. The van der Waals surface area contributed by atoms with Crippen LogP contribution in [0, 0.1) is 0 Å². The number of ether oxygens (including phenoxy) is 2. The second-order valence-corrected chi connectivity index (χ2v) is 6.79. The predicted octanol–water partition coefficient (Wildman–Crippen LogP) is 3.62. The van der Waals surface area contributed by atoms with Gasteiger partial charge >= 0.3 is 5.97 Å². The van der Waals surface area contributed by atoms with Crippen molar-refractivity contribution in [1.82, 2.24) is 14.8 Å². The van der Waals surface area contributed by atoms with Crippen molar-refractivity contribution < 1.29 is 19.4 Å². The molecule has 1 N–H and O–H groups in total. The van der Waals surface area contributed by atoms with Crippen LogP contribution in [0.5, 0.6) is 11.5 Å². The Labute approximate surface area is 166 Å². The average molecular weight is 387 g/mol. The van der Waals surface area contributed by atoms with Gasteiger partial charge in [-0.25, -0.2) is 9.78 Å². The minimum atomic E-state index is -1.02. The monoisotopic (exact) mass is 387 g/mol. The summed E-state index contributed by atoms with van der Waals surface area (Å²) in [5.74, 6) is 0.0907. The first-order chi connectivity index (χ1) is 14.2. The van der Waals surface area contributed by atoms with E-state index in [2.05, 4.69) is 10.1 Å². The van der Waals surface area contributed by atoms with Crippen LogP contribution in [0.4, 0.5) is 0 Å². The number of aromatic carboxylic acids is 1. The van der Waals surface area contributed by atoms with Crippen LogP contribution in [-0.2, 0) is 6.54 Å². The molecule has 1 aliphatic heterocycles. The van der Waals surface area contributed by atoms with Crippen LogP contribution in [0.2, 0.25) is 0 Å². The van der Waals surface area contributed by atoms with Crippen LogP contribution in [0.25, 0.3) is 22.2 Å². The molecule has 0 atom stereocenters. The van der Waals surface area contributed by atoms with Gasteiger partial charge in [0.15, 0.2) is 11.5 Å². The summed E-state index contributed by atoms with van der Waals surface area (Å²) in [5.41, 5.74) is 3.13. The summed E-state index contributed by atoms with van der Waals surface area (Å²) in [6.45, 7) is 1.52. The molecule has 29 heavy (non-hydrogen) atoms. The quantitative estimate of drug-likeness (QED) is 0.576. The zero-order chi connectivity index (χ0) is 19.8. The third-order valence-corrected chi connectivity index (χ3v) is 4.82. The van der Waals surface area contributed by atoms with Crippen molar-refractivity contribution in [1.29, 1.82) is 0 Å². The van der Waals surface area contributed by atoms with Gasteiger partial charge in [-0.05, 0) is 17.7 Å². The fourth-order valence-electron chi connectivity index (χ4n) is 3.44. The summed E-state index contributed by atoms with van der Waals surface area (Å²) in [4.78, 5) is 16.6. The van der Waals surface area contributed by atoms with E-state index in [-0.39, 0.29) is 5.56 Å². The van der Waals surface area contributed by atoms with Crippen LogP contribution in [0.3, 0.4) is 0 Å². The number of pyridine rings is 1. The van der Waals surface area contributed by atoms with Crippen molar-refractivity contribution >= 4 is 16.9 Å². The van der Waals surface area contributed by atoms with Gasteiger partial charge in [0.05, 0.1) is 29.5 Å². The molecule has 2 aromatic carbocycles. The number of benzene rings is 2. The minimum absolute atomic E-state index is 0.165. The number of hydrogen-bond donors (Lipinski definition) is 1. The first-order valence-corrected chi connectivity index (χ1v) is 9.22. The van der Waals surface area contributed by atoms with Gasteiger partial charge in [-0.3, -0.25) is 4.68 Å². The third kappa shape index (κ3) is 3.27. The van der Waals surface area contributed by atoms with E-state index in [0.29, 0.717) is 47.9 Å². The predicted molar refractivity (Wildman–Crippen MR) is 106 cm³/mol. The lowest BCUT2D eigenvalue weighted by Crippen LogP contribution is -2.15. The molecule has 0 saturated heterocycles. The number of carboxylic acid groups (broad SMARTS) is 1. The summed E-state index contributed by atoms with van der Waals surface area (Å²) in [5, 5.41) is 14.7. The van der Waals surface area contributed by atoms with E-state index in [0.717, 1.165) is 11.1 Å². The summed E-state index contributed by atoms with van der Waals surface area (Å²) in [6, 6.07) is 15.0. The molecule has 7 heteroatoms. The van der Waals surface area contributed by atoms with Crippen molar-refractivity contribution in [3.63, 3.8) is 0 Å². The Bertz CT molecular complexity index is 1220. The van der Waals surface area contributed by atoms with Gasteiger partial charge < -0.3 is 14.6 Å². The second-order valence-electron chi connectivity index (χ2n) is 6.79. The number of aromatic nitrogens is 3. The molecule has 0 bridgehead atoms. The van der Waals surface area contributed by atoms with Gasteiger partial charge in [-0.15, -0.1) is 0 Å². The van der Waals surface area contributed by atoms with Crippen molar-refractivity contribution in [2.24, 2.45) is 0 Å². The molecule has 0 spiro atoms. The van der Waals surface area contributed by atoms with E-state index < -0.39 is 5.97 Å². The van der Waals surface area contributed by atoms with Crippen LogP contribution >= 0.6 is 0 Å². The van der Waals surface area contributed by atoms with Crippen LogP contribution in [0.15, 0.2) is 60.9 Å². The van der Waals surface area contributed by atoms with Crippen LogP contribution in [0.1, 0.15) is 15.9 Å². The van der Waals surface area contributed by atoms with Gasteiger partial charge in [0.1, 0.15) is 13.2 Å². The number of hydrogen-bond acceptors (Lipinski definition) is 5. The second kappa shape index (κ2) is 6.94. The first-order valence-electron chi connectivity index (χ1n) is 9.22. The van der Waals surface area contributed by atoms with E-state index in [1.165, 1.54) is 0 Å². The number of carbonyl (C=O) groups is 1. The minimum Gasteiger partial charge on any atom is -0.486 e. The maximum absolute atomic E-state index is 11.9. The number of nitrogens with zero attached hydrogens (tertiary/aromatic N) is 3. The highest BCUT2D eigenvalue weighted by molar-refractivity contribution is 6.04. The molecule has 3 heterocycles. The number of carboxylic acids is 1. The topological polar surface area (TPSA) is 86.5 Å². The summed E-state index contributed by atoms with van der Waals surface area (Å²) >= 11 is 0. The Morgan fingerprint density at radius 3 is 2.59 bits per heavy atom. The zero-order valence-electron chi connectivity index (χ0n) is 15.4. The van der Waals surface area contributed by atoms with Crippen molar-refractivity contribution in [3.8, 4) is 22.8 Å². The van der Waals surface area contributed by atoms with Crippen molar-refractivity contribution in [2.75, 3.05) is 13.2 Å². The van der Waals surface area contributed by atoms with Crippen molar-refractivity contribution in [2.45, 2.75) is 6.54 Å². The maximum atomic E-state index is 11.9. The molecular formula is C22H17N3O4. The Balaban J connectivity index is 1.57. The Kier molecular flexibility index (Phi) is 4.13. The summed E-state index contributed by atoms with van der Waals surface area (Å²) < 4.78 is 13.0. The van der Waals surface area contributed by atoms with Crippen LogP contribution < -0.4 is 9.47 Å². The summed E-state index contributed by atoms with van der Waals surface area (Å²) in [6.07, 6.45) is 3.56. The third-order valence-electron chi connectivity index (χ3n) is 4.82. The van der Waals surface area contributed by atoms with Gasteiger partial charge in [-0.1, -0.05) is 30.3 Å². The van der Waals surface area contributed by atoms with Crippen molar-refractivity contribution in [3.05, 3.63) is 72.1 Å². The molecule has 4 aromatic rings. The SMILES string of the molecule is O=C(O)c1cc(-c2cnn(Cc3ccccc3)c2)nc2cc3c(cc12)OCCO3. The molecule has 7 nitrogen and oxygen atoms in total. The molecule has 0 amide bonds. The molecule has 0 unspecified atom stereocenters. The van der Waals surface area contributed by atoms with E-state index >= 15 is 0 Å². The fourth-order valence-corrected chi connectivity index (χ4v) is 3.44. The smallest absolute Gasteiger partial charge is 0.336 e. The average Bonchev–Trinajstić information content (AvgIpc) is 3.20. The molecule has 0 fully saturated rings. The molecule has 0 radical (unpaired) electrons. The zero-order valence-corrected chi connectivity index (χ0v) is 15.4. The molecule has 144 valence electrons. The molecule has 1 aliphatic rings. The van der Waals surface area contributed by atoms with E-state index in [4.69, 9.17) is 9.47 Å². The van der Waals surface area contributed by atoms with E-state index in [1.807, 2.05) is 36.5 Å². The first kappa shape index (κ1) is 17.2. The highest BCUT2D eigenvalue weighted by Gasteiger charge is 2.19. The molecule has 2 aromatic heterocycles. The lowest BCUT2D eigenvalue weighted by Gasteiger charge is -2.19. The van der Waals surface area contributed by atoms with Gasteiger partial charge in [-0.2, -0.15) is 5.10 Å². The largest absolute Gasteiger partial charge is 0.486 e. The molecule has 5 rings (SSSR count). The van der Waals surface area contributed by atoms with Gasteiger partial charge in [0.2, 0.25) is 0 Å². The highest BCUT2D eigenvalue weighted by Crippen LogP contribution is 2.36. The van der Waals surface area contributed by atoms with Gasteiger partial charge in [0.25, 0.3) is 0 Å². The maximum Gasteiger partial charge on any atom is 0.336 e. The van der Waals surface area contributed by atoms with E-state index in [9.17, 15) is 9.90 Å².